The molecule has 0 saturated heterocycles. The summed E-state index contributed by atoms with van der Waals surface area (Å²) in [6.07, 6.45) is 12.8. The molecule has 1 aromatic heterocycles. The number of cyclic esters (lactones) is 1. The maximum atomic E-state index is 12.5. The zero-order valence-electron chi connectivity index (χ0n) is 17.0. The van der Waals surface area contributed by atoms with E-state index in [1.165, 1.54) is 18.3 Å². The van der Waals surface area contributed by atoms with Crippen molar-refractivity contribution in [1.82, 2.24) is 4.98 Å². The van der Waals surface area contributed by atoms with Gasteiger partial charge in [0.15, 0.2) is 0 Å². The average molecular weight is 399 g/mol. The Bertz CT molecular complexity index is 787. The van der Waals surface area contributed by atoms with Crippen LogP contribution in [0.25, 0.3) is 0 Å². The number of aliphatic hydroxyl groups excluding tert-OH is 1. The summed E-state index contributed by atoms with van der Waals surface area (Å²) in [4.78, 5) is 28.4. The van der Waals surface area contributed by atoms with Crippen LogP contribution < -0.4 is 0 Å². The summed E-state index contributed by atoms with van der Waals surface area (Å²) in [7, 11) is 0. The van der Waals surface area contributed by atoms with Gasteiger partial charge in [-0.1, -0.05) is 12.2 Å². The third kappa shape index (κ3) is 6.00. The van der Waals surface area contributed by atoms with Crippen LogP contribution in [0.1, 0.15) is 54.9 Å². The van der Waals surface area contributed by atoms with Crippen LogP contribution in [0.5, 0.6) is 0 Å². The lowest BCUT2D eigenvalue weighted by Crippen LogP contribution is -2.22. The lowest BCUT2D eigenvalue weighted by Gasteiger charge is -2.19. The smallest absolute Gasteiger partial charge is 0.339 e. The highest BCUT2D eigenvalue weighted by Gasteiger charge is 2.38. The molecule has 2 aliphatic rings. The van der Waals surface area contributed by atoms with E-state index in [4.69, 9.17) is 9.47 Å². The molecular weight excluding hydrogens is 370 g/mol. The van der Waals surface area contributed by atoms with Crippen LogP contribution in [0.15, 0.2) is 42.8 Å². The molecule has 1 N–H and O–H groups in total. The molecule has 1 fully saturated rings. The number of nitrogens with zero attached hydrogens (tertiary/aromatic N) is 1. The summed E-state index contributed by atoms with van der Waals surface area (Å²) in [5, 5.41) is 10.6. The number of hydrogen-bond donors (Lipinski definition) is 1. The SMILES string of the molecule is Cc1cncc(C(=O)O[C@@H]2C[C@H]3[C@H](O)C=CC(=O)O[C@@H](C)CCC/C=C/[C@@H]3C2)c1. The molecule has 0 amide bonds. The van der Waals surface area contributed by atoms with E-state index in [2.05, 4.69) is 17.1 Å². The van der Waals surface area contributed by atoms with E-state index < -0.39 is 18.0 Å². The molecule has 3 rings (SSSR count). The van der Waals surface area contributed by atoms with Gasteiger partial charge in [0.2, 0.25) is 0 Å². The fraction of sp³-hybridized carbons (Fsp3) is 0.522. The Hall–Kier alpha value is -2.47. The lowest BCUT2D eigenvalue weighted by molar-refractivity contribution is -0.142. The number of esters is 2. The standard InChI is InChI=1S/C23H29NO5/c1-15-10-18(14-24-13-15)23(27)29-19-11-17-7-5-3-4-6-16(2)28-22(26)9-8-21(25)20(17)12-19/h5,7-10,13-14,16-17,19-21,25H,3-4,6,11-12H2,1-2H3/b7-5+,9-8?/t16-,17+,19-,20+,21+/m0/s1. The van der Waals surface area contributed by atoms with Gasteiger partial charge < -0.3 is 14.6 Å². The number of fused-ring (bicyclic) bond motifs is 1. The van der Waals surface area contributed by atoms with Crippen LogP contribution in [0, 0.1) is 18.8 Å². The van der Waals surface area contributed by atoms with Crippen LogP contribution in [0.2, 0.25) is 0 Å². The third-order valence-corrected chi connectivity index (χ3v) is 5.55. The first-order chi connectivity index (χ1) is 13.9. The maximum absolute atomic E-state index is 12.5. The number of rotatable bonds is 2. The molecule has 156 valence electrons. The number of pyridine rings is 1. The highest BCUT2D eigenvalue weighted by Crippen LogP contribution is 2.38. The number of aryl methyl sites for hydroxylation is 1. The molecule has 1 saturated carbocycles. The number of hydrogen-bond acceptors (Lipinski definition) is 6. The van der Waals surface area contributed by atoms with Crippen molar-refractivity contribution in [3.63, 3.8) is 0 Å². The predicted molar refractivity (Wildman–Crippen MR) is 108 cm³/mol. The Kier molecular flexibility index (Phi) is 7.20. The fourth-order valence-corrected chi connectivity index (χ4v) is 4.06. The monoisotopic (exact) mass is 399 g/mol. The van der Waals surface area contributed by atoms with Crippen LogP contribution in [0.4, 0.5) is 0 Å². The van der Waals surface area contributed by atoms with Crippen LogP contribution >= 0.6 is 0 Å². The Labute approximate surface area is 171 Å². The summed E-state index contributed by atoms with van der Waals surface area (Å²) in [6.45, 7) is 3.75. The maximum Gasteiger partial charge on any atom is 0.339 e. The second kappa shape index (κ2) is 9.83. The zero-order chi connectivity index (χ0) is 20.8. The van der Waals surface area contributed by atoms with Gasteiger partial charge in [-0.05, 0) is 75.5 Å². The normalized spacial score (nSPS) is 31.6. The van der Waals surface area contributed by atoms with Crippen molar-refractivity contribution in [2.24, 2.45) is 11.8 Å². The second-order valence-electron chi connectivity index (χ2n) is 8.03. The number of aromatic nitrogens is 1. The summed E-state index contributed by atoms with van der Waals surface area (Å²) in [5.74, 6) is -0.876. The van der Waals surface area contributed by atoms with Gasteiger partial charge in [0.25, 0.3) is 0 Å². The number of aliphatic hydroxyl groups is 1. The first kappa shape index (κ1) is 21.2. The van der Waals surface area contributed by atoms with Crippen molar-refractivity contribution in [1.29, 1.82) is 0 Å². The van der Waals surface area contributed by atoms with Crippen molar-refractivity contribution in [3.8, 4) is 0 Å². The molecular formula is C23H29NO5. The summed E-state index contributed by atoms with van der Waals surface area (Å²) >= 11 is 0. The number of carbonyl (C=O) groups excluding carboxylic acids is 2. The van der Waals surface area contributed by atoms with E-state index in [-0.39, 0.29) is 24.0 Å². The van der Waals surface area contributed by atoms with Gasteiger partial charge in [0, 0.05) is 18.5 Å². The van der Waals surface area contributed by atoms with E-state index in [1.54, 1.807) is 12.3 Å². The van der Waals surface area contributed by atoms with E-state index >= 15 is 0 Å². The van der Waals surface area contributed by atoms with Gasteiger partial charge in [-0.15, -0.1) is 0 Å². The van der Waals surface area contributed by atoms with Crippen LogP contribution in [0.3, 0.4) is 0 Å². The highest BCUT2D eigenvalue weighted by atomic mass is 16.5. The Balaban J connectivity index is 1.70. The van der Waals surface area contributed by atoms with E-state index in [0.29, 0.717) is 18.4 Å². The third-order valence-electron chi connectivity index (χ3n) is 5.55. The second-order valence-corrected chi connectivity index (χ2v) is 8.03. The Morgan fingerprint density at radius 3 is 2.90 bits per heavy atom. The fourth-order valence-electron chi connectivity index (χ4n) is 4.06. The molecule has 6 heteroatoms. The number of allylic oxidation sites excluding steroid dienone is 2. The minimum absolute atomic E-state index is 0.0808. The van der Waals surface area contributed by atoms with Crippen molar-refractivity contribution in [2.45, 2.75) is 64.3 Å². The van der Waals surface area contributed by atoms with E-state index in [1.807, 2.05) is 13.8 Å². The highest BCUT2D eigenvalue weighted by molar-refractivity contribution is 5.89. The zero-order valence-corrected chi connectivity index (χ0v) is 17.0. The number of carbonyl (C=O) groups is 2. The molecule has 1 aliphatic carbocycles. The molecule has 2 heterocycles. The Morgan fingerprint density at radius 1 is 1.28 bits per heavy atom. The summed E-state index contributed by atoms with van der Waals surface area (Å²) in [5.41, 5.74) is 1.33. The molecule has 1 aliphatic heterocycles. The van der Waals surface area contributed by atoms with Gasteiger partial charge in [-0.3, -0.25) is 4.98 Å². The first-order valence-electron chi connectivity index (χ1n) is 10.3. The minimum atomic E-state index is -0.808. The molecule has 0 radical (unpaired) electrons. The summed E-state index contributed by atoms with van der Waals surface area (Å²) in [6, 6.07) is 1.75. The first-order valence-corrected chi connectivity index (χ1v) is 10.3. The van der Waals surface area contributed by atoms with Gasteiger partial charge in [-0.25, -0.2) is 9.59 Å². The van der Waals surface area contributed by atoms with Crippen molar-refractivity contribution < 1.29 is 24.2 Å². The van der Waals surface area contributed by atoms with E-state index in [0.717, 1.165) is 24.8 Å². The molecule has 0 bridgehead atoms. The minimum Gasteiger partial charge on any atom is -0.460 e. The largest absolute Gasteiger partial charge is 0.460 e. The topological polar surface area (TPSA) is 85.7 Å². The van der Waals surface area contributed by atoms with Gasteiger partial charge in [0.05, 0.1) is 17.8 Å². The van der Waals surface area contributed by atoms with Crippen molar-refractivity contribution in [2.75, 3.05) is 0 Å². The number of ether oxygens (including phenoxy) is 2. The molecule has 0 aromatic carbocycles. The predicted octanol–water partition coefficient (Wildman–Crippen LogP) is 3.53. The summed E-state index contributed by atoms with van der Waals surface area (Å²) < 4.78 is 11.0. The van der Waals surface area contributed by atoms with Crippen molar-refractivity contribution >= 4 is 11.9 Å². The quantitative estimate of drug-likeness (QED) is 0.605. The van der Waals surface area contributed by atoms with Gasteiger partial charge in [-0.2, -0.15) is 0 Å². The molecule has 5 atom stereocenters. The van der Waals surface area contributed by atoms with Crippen LogP contribution in [-0.4, -0.2) is 40.3 Å². The van der Waals surface area contributed by atoms with Crippen molar-refractivity contribution in [3.05, 3.63) is 53.9 Å². The van der Waals surface area contributed by atoms with Crippen LogP contribution in [-0.2, 0) is 14.3 Å². The average Bonchev–Trinajstić information content (AvgIpc) is 3.08. The molecule has 0 unspecified atom stereocenters. The van der Waals surface area contributed by atoms with E-state index in [9.17, 15) is 14.7 Å². The lowest BCUT2D eigenvalue weighted by atomic mass is 9.90. The van der Waals surface area contributed by atoms with Gasteiger partial charge in [0.1, 0.15) is 6.10 Å². The molecule has 0 spiro atoms. The Morgan fingerprint density at radius 2 is 2.10 bits per heavy atom. The van der Waals surface area contributed by atoms with Gasteiger partial charge >= 0.3 is 11.9 Å². The molecule has 6 nitrogen and oxygen atoms in total. The molecule has 29 heavy (non-hydrogen) atoms. The molecule has 1 aromatic rings.